The maximum atomic E-state index is 12.5. The maximum absolute atomic E-state index is 12.5. The average Bonchev–Trinajstić information content (AvgIpc) is 3.36. The van der Waals surface area contributed by atoms with E-state index in [0.717, 1.165) is 24.2 Å². The number of amides is 1. The fourth-order valence-electron chi connectivity index (χ4n) is 2.95. The molecule has 3 rings (SSSR count). The van der Waals surface area contributed by atoms with Gasteiger partial charge in [-0.05, 0) is 31.5 Å². The number of carbonyl (C=O) groups is 1. The van der Waals surface area contributed by atoms with E-state index in [0.29, 0.717) is 29.7 Å². The number of nitrogens with one attached hydrogen (secondary N) is 1. The molecule has 0 bridgehead atoms. The Morgan fingerprint density at radius 1 is 1.33 bits per heavy atom. The van der Waals surface area contributed by atoms with Crippen molar-refractivity contribution in [2.45, 2.75) is 38.4 Å². The van der Waals surface area contributed by atoms with Crippen molar-refractivity contribution in [2.24, 2.45) is 0 Å². The molecule has 2 aromatic heterocycles. The number of aryl methyl sites for hydroxylation is 1. The van der Waals surface area contributed by atoms with Crippen LogP contribution in [0.2, 0.25) is 0 Å². The van der Waals surface area contributed by atoms with Crippen molar-refractivity contribution in [1.82, 2.24) is 14.8 Å². The molecular formula is C22H26N4O2S2. The minimum absolute atomic E-state index is 0.123. The van der Waals surface area contributed by atoms with Crippen LogP contribution in [-0.2, 0) is 17.8 Å². The number of carbonyl (C=O) groups excluding carboxylic acids is 1. The van der Waals surface area contributed by atoms with Crippen LogP contribution in [-0.4, -0.2) is 33.0 Å². The van der Waals surface area contributed by atoms with Crippen LogP contribution in [0.5, 0.6) is 5.75 Å². The van der Waals surface area contributed by atoms with Crippen molar-refractivity contribution in [2.75, 3.05) is 17.7 Å². The maximum Gasteiger partial charge on any atom is 0.234 e. The molecule has 0 aliphatic heterocycles. The molecule has 30 heavy (non-hydrogen) atoms. The van der Waals surface area contributed by atoms with Gasteiger partial charge in [-0.1, -0.05) is 43.3 Å². The first-order valence-electron chi connectivity index (χ1n) is 9.92. The second kappa shape index (κ2) is 11.0. The molecular weight excluding hydrogens is 416 g/mol. The predicted molar refractivity (Wildman–Crippen MR) is 124 cm³/mol. The highest BCUT2D eigenvalue weighted by Gasteiger charge is 2.16. The van der Waals surface area contributed by atoms with Gasteiger partial charge in [0.05, 0.1) is 18.0 Å². The van der Waals surface area contributed by atoms with Crippen LogP contribution in [0.3, 0.4) is 0 Å². The summed E-state index contributed by atoms with van der Waals surface area (Å²) in [5.74, 6) is 1.57. The third-order valence-electron chi connectivity index (χ3n) is 4.23. The van der Waals surface area contributed by atoms with Crippen LogP contribution in [0.4, 0.5) is 5.69 Å². The number of ether oxygens (including phenoxy) is 1. The summed E-state index contributed by atoms with van der Waals surface area (Å²) < 4.78 is 7.56. The molecule has 0 radical (unpaired) electrons. The number of benzene rings is 1. The number of allylic oxidation sites excluding steroid dienone is 1. The normalized spacial score (nSPS) is 10.7. The molecule has 8 heteroatoms. The molecule has 3 aromatic rings. The number of rotatable bonds is 11. The minimum Gasteiger partial charge on any atom is -0.492 e. The number of hydrogen-bond donors (Lipinski definition) is 1. The van der Waals surface area contributed by atoms with Gasteiger partial charge in [-0.2, -0.15) is 0 Å². The first-order chi connectivity index (χ1) is 14.7. The highest BCUT2D eigenvalue weighted by molar-refractivity contribution is 7.99. The summed E-state index contributed by atoms with van der Waals surface area (Å²) in [4.78, 5) is 13.8. The molecule has 158 valence electrons. The molecule has 0 saturated carbocycles. The fraction of sp³-hybridized carbons (Fsp3) is 0.318. The van der Waals surface area contributed by atoms with Crippen molar-refractivity contribution in [3.05, 3.63) is 53.2 Å². The zero-order valence-electron chi connectivity index (χ0n) is 17.3. The van der Waals surface area contributed by atoms with Crippen molar-refractivity contribution in [3.8, 4) is 17.1 Å². The number of thioether (sulfide) groups is 1. The van der Waals surface area contributed by atoms with Crippen molar-refractivity contribution < 1.29 is 9.53 Å². The minimum atomic E-state index is -0.123. The molecule has 1 amide bonds. The van der Waals surface area contributed by atoms with Crippen LogP contribution in [0.1, 0.15) is 25.1 Å². The summed E-state index contributed by atoms with van der Waals surface area (Å²) in [6.07, 6.45) is 3.99. The largest absolute Gasteiger partial charge is 0.492 e. The van der Waals surface area contributed by atoms with Crippen LogP contribution in [0, 0.1) is 0 Å². The lowest BCUT2D eigenvalue weighted by Gasteiger charge is -2.11. The number of para-hydroxylation sites is 2. The lowest BCUT2D eigenvalue weighted by atomic mass is 10.2. The highest BCUT2D eigenvalue weighted by Crippen LogP contribution is 2.29. The third-order valence-corrected chi connectivity index (χ3v) is 6.19. The molecule has 0 atom stereocenters. The lowest BCUT2D eigenvalue weighted by Crippen LogP contribution is -2.15. The van der Waals surface area contributed by atoms with E-state index in [4.69, 9.17) is 4.74 Å². The van der Waals surface area contributed by atoms with Crippen molar-refractivity contribution in [1.29, 1.82) is 0 Å². The molecule has 0 aliphatic rings. The second-order valence-corrected chi connectivity index (χ2v) is 8.46. The molecule has 1 aromatic carbocycles. The Bertz CT molecular complexity index is 997. The van der Waals surface area contributed by atoms with Gasteiger partial charge < -0.3 is 10.1 Å². The summed E-state index contributed by atoms with van der Waals surface area (Å²) in [5, 5.41) is 14.4. The SMILES string of the molecule is C=CCn1c(SCC(=O)Nc2ccccc2OCC)nnc1-c1csc(CCC)c1. The van der Waals surface area contributed by atoms with E-state index in [1.807, 2.05) is 41.8 Å². The predicted octanol–water partition coefficient (Wildman–Crippen LogP) is 5.27. The van der Waals surface area contributed by atoms with Gasteiger partial charge in [-0.25, -0.2) is 0 Å². The highest BCUT2D eigenvalue weighted by atomic mass is 32.2. The average molecular weight is 443 g/mol. The smallest absolute Gasteiger partial charge is 0.234 e. The van der Waals surface area contributed by atoms with Crippen LogP contribution in [0.25, 0.3) is 11.4 Å². The standard InChI is InChI=1S/C22H26N4O2S2/c1-4-9-17-13-16(14-29-17)21-24-25-22(26(21)12-5-2)30-15-20(27)23-18-10-7-8-11-19(18)28-6-3/h5,7-8,10-11,13-14H,2,4,6,9,12,15H2,1,3H3,(H,23,27). The second-order valence-electron chi connectivity index (χ2n) is 6.52. The number of thiophene rings is 1. The van der Waals surface area contributed by atoms with E-state index in [2.05, 4.69) is 40.5 Å². The number of hydrogen-bond acceptors (Lipinski definition) is 6. The molecule has 0 saturated heterocycles. The van der Waals surface area contributed by atoms with Gasteiger partial charge in [0.2, 0.25) is 5.91 Å². The van der Waals surface area contributed by atoms with Gasteiger partial charge >= 0.3 is 0 Å². The lowest BCUT2D eigenvalue weighted by molar-refractivity contribution is -0.113. The summed E-state index contributed by atoms with van der Waals surface area (Å²) in [6.45, 7) is 9.06. The van der Waals surface area contributed by atoms with Gasteiger partial charge in [0.15, 0.2) is 11.0 Å². The molecule has 1 N–H and O–H groups in total. The van der Waals surface area contributed by atoms with Gasteiger partial charge in [-0.3, -0.25) is 9.36 Å². The van der Waals surface area contributed by atoms with Gasteiger partial charge in [0, 0.05) is 22.4 Å². The van der Waals surface area contributed by atoms with Crippen molar-refractivity contribution in [3.63, 3.8) is 0 Å². The molecule has 0 aliphatic carbocycles. The Morgan fingerprint density at radius 2 is 2.17 bits per heavy atom. The number of anilines is 1. The quantitative estimate of drug-likeness (QED) is 0.323. The van der Waals surface area contributed by atoms with E-state index in [1.165, 1.54) is 16.6 Å². The molecule has 6 nitrogen and oxygen atoms in total. The zero-order chi connectivity index (χ0) is 21.3. The van der Waals surface area contributed by atoms with Crippen LogP contribution in [0.15, 0.2) is 53.5 Å². The van der Waals surface area contributed by atoms with Crippen LogP contribution < -0.4 is 10.1 Å². The van der Waals surface area contributed by atoms with E-state index in [1.54, 1.807) is 11.3 Å². The summed E-state index contributed by atoms with van der Waals surface area (Å²) >= 11 is 3.10. The van der Waals surface area contributed by atoms with E-state index < -0.39 is 0 Å². The Labute approximate surface area is 185 Å². The van der Waals surface area contributed by atoms with E-state index >= 15 is 0 Å². The molecule has 0 fully saturated rings. The summed E-state index contributed by atoms with van der Waals surface area (Å²) in [7, 11) is 0. The van der Waals surface area contributed by atoms with Gasteiger partial charge in [0.25, 0.3) is 0 Å². The Hall–Kier alpha value is -2.58. The van der Waals surface area contributed by atoms with E-state index in [-0.39, 0.29) is 11.7 Å². The molecule has 0 unspecified atom stereocenters. The Morgan fingerprint density at radius 3 is 2.93 bits per heavy atom. The van der Waals surface area contributed by atoms with E-state index in [9.17, 15) is 4.79 Å². The first-order valence-corrected chi connectivity index (χ1v) is 11.8. The van der Waals surface area contributed by atoms with Gasteiger partial charge in [-0.15, -0.1) is 28.1 Å². The molecule has 0 spiro atoms. The van der Waals surface area contributed by atoms with Crippen molar-refractivity contribution >= 4 is 34.7 Å². The Balaban J connectivity index is 1.70. The Kier molecular flexibility index (Phi) is 8.10. The first kappa shape index (κ1) is 22.1. The van der Waals surface area contributed by atoms with Crippen LogP contribution >= 0.6 is 23.1 Å². The summed E-state index contributed by atoms with van der Waals surface area (Å²) in [6, 6.07) is 9.59. The third kappa shape index (κ3) is 5.52. The monoisotopic (exact) mass is 442 g/mol. The molecule has 2 heterocycles. The van der Waals surface area contributed by atoms with Gasteiger partial charge in [0.1, 0.15) is 5.75 Å². The number of aromatic nitrogens is 3. The topological polar surface area (TPSA) is 69.0 Å². The number of nitrogens with zero attached hydrogens (tertiary/aromatic N) is 3. The fourth-order valence-corrected chi connectivity index (χ4v) is 4.66. The summed E-state index contributed by atoms with van der Waals surface area (Å²) in [5.41, 5.74) is 1.72. The zero-order valence-corrected chi connectivity index (χ0v) is 18.9.